The van der Waals surface area contributed by atoms with Gasteiger partial charge >= 0.3 is 0 Å². The largest absolute Gasteiger partial charge is 0.382 e. The molecule has 0 radical (unpaired) electrons. The summed E-state index contributed by atoms with van der Waals surface area (Å²) in [5.41, 5.74) is 0.977. The molecule has 0 unspecified atom stereocenters. The lowest BCUT2D eigenvalue weighted by Gasteiger charge is -2.06. The Morgan fingerprint density at radius 2 is 2.06 bits per heavy atom. The van der Waals surface area contributed by atoms with Crippen molar-refractivity contribution in [3.63, 3.8) is 0 Å². The number of methoxy groups -OCH3 is 1. The zero-order chi connectivity index (χ0) is 12.3. The van der Waals surface area contributed by atoms with E-state index in [0.717, 1.165) is 37.5 Å². The number of aromatic nitrogens is 2. The zero-order valence-corrected chi connectivity index (χ0v) is 10.6. The fourth-order valence-electron chi connectivity index (χ4n) is 1.34. The topological polar surface area (TPSA) is 56.3 Å². The molecule has 0 spiro atoms. The minimum Gasteiger partial charge on any atom is -0.382 e. The number of anilines is 1. The lowest BCUT2D eigenvalue weighted by atomic mass is 10.3. The first kappa shape index (κ1) is 13.9. The number of hydrogen-bond acceptors (Lipinski definition) is 5. The van der Waals surface area contributed by atoms with E-state index in [0.29, 0.717) is 13.2 Å². The molecular formula is C12H21N3O2. The van der Waals surface area contributed by atoms with Gasteiger partial charge in [0.15, 0.2) is 0 Å². The number of hydrogen-bond donors (Lipinski definition) is 1. The number of aryl methyl sites for hydroxylation is 1. The van der Waals surface area contributed by atoms with Gasteiger partial charge in [0, 0.05) is 32.0 Å². The molecule has 0 bridgehead atoms. The third-order valence-corrected chi connectivity index (χ3v) is 2.26. The zero-order valence-electron chi connectivity index (χ0n) is 10.6. The van der Waals surface area contributed by atoms with E-state index in [1.807, 2.05) is 13.0 Å². The average molecular weight is 239 g/mol. The van der Waals surface area contributed by atoms with Crippen LogP contribution in [0, 0.1) is 6.92 Å². The number of nitrogens with one attached hydrogen (secondary N) is 1. The molecule has 0 atom stereocenters. The Kier molecular flexibility index (Phi) is 7.25. The highest BCUT2D eigenvalue weighted by atomic mass is 16.5. The molecule has 96 valence electrons. The molecule has 0 aromatic carbocycles. The highest BCUT2D eigenvalue weighted by molar-refractivity contribution is 5.33. The molecule has 0 saturated heterocycles. The first-order chi connectivity index (χ1) is 8.33. The van der Waals surface area contributed by atoms with Crippen molar-refractivity contribution in [1.82, 2.24) is 9.97 Å². The van der Waals surface area contributed by atoms with Gasteiger partial charge in [-0.15, -0.1) is 0 Å². The fraction of sp³-hybridized carbons (Fsp3) is 0.667. The molecule has 1 rings (SSSR count). The molecule has 17 heavy (non-hydrogen) atoms. The van der Waals surface area contributed by atoms with Gasteiger partial charge in [-0.3, -0.25) is 0 Å². The number of rotatable bonds is 9. The van der Waals surface area contributed by atoms with Gasteiger partial charge in [-0.05, 0) is 19.8 Å². The molecule has 0 aliphatic carbocycles. The summed E-state index contributed by atoms with van der Waals surface area (Å²) in [5, 5.41) is 3.26. The van der Waals surface area contributed by atoms with E-state index in [9.17, 15) is 0 Å². The van der Waals surface area contributed by atoms with Crippen molar-refractivity contribution >= 4 is 5.82 Å². The van der Waals surface area contributed by atoms with E-state index in [1.54, 1.807) is 13.4 Å². The Bertz CT molecular complexity index is 308. The normalized spacial score (nSPS) is 10.5. The van der Waals surface area contributed by atoms with Crippen molar-refractivity contribution in [3.05, 3.63) is 18.1 Å². The predicted molar refractivity (Wildman–Crippen MR) is 67.2 cm³/mol. The van der Waals surface area contributed by atoms with Crippen LogP contribution in [0.25, 0.3) is 0 Å². The van der Waals surface area contributed by atoms with Crippen molar-refractivity contribution in [2.24, 2.45) is 0 Å². The fourth-order valence-corrected chi connectivity index (χ4v) is 1.34. The van der Waals surface area contributed by atoms with Crippen molar-refractivity contribution in [1.29, 1.82) is 0 Å². The SMILES string of the molecule is COCCOCCCCNc1cc(C)ncn1. The second-order valence-corrected chi connectivity index (χ2v) is 3.78. The average Bonchev–Trinajstić information content (AvgIpc) is 2.33. The summed E-state index contributed by atoms with van der Waals surface area (Å²) < 4.78 is 10.3. The predicted octanol–water partition coefficient (Wildman–Crippen LogP) is 1.64. The van der Waals surface area contributed by atoms with E-state index >= 15 is 0 Å². The molecule has 0 saturated carbocycles. The highest BCUT2D eigenvalue weighted by Crippen LogP contribution is 2.02. The molecule has 1 heterocycles. The summed E-state index contributed by atoms with van der Waals surface area (Å²) in [6.07, 6.45) is 3.68. The van der Waals surface area contributed by atoms with Gasteiger partial charge in [-0.25, -0.2) is 9.97 Å². The summed E-state index contributed by atoms with van der Waals surface area (Å²) >= 11 is 0. The van der Waals surface area contributed by atoms with Crippen molar-refractivity contribution in [2.45, 2.75) is 19.8 Å². The first-order valence-corrected chi connectivity index (χ1v) is 5.92. The first-order valence-electron chi connectivity index (χ1n) is 5.92. The maximum Gasteiger partial charge on any atom is 0.129 e. The summed E-state index contributed by atoms with van der Waals surface area (Å²) in [6.45, 7) is 4.99. The van der Waals surface area contributed by atoms with E-state index in [-0.39, 0.29) is 0 Å². The van der Waals surface area contributed by atoms with Crippen LogP contribution in [0.5, 0.6) is 0 Å². The van der Waals surface area contributed by atoms with Crippen LogP contribution in [0.3, 0.4) is 0 Å². The minimum atomic E-state index is 0.665. The van der Waals surface area contributed by atoms with E-state index in [4.69, 9.17) is 9.47 Å². The lowest BCUT2D eigenvalue weighted by molar-refractivity contribution is 0.0691. The minimum absolute atomic E-state index is 0.665. The van der Waals surface area contributed by atoms with Crippen LogP contribution in [-0.4, -0.2) is 43.4 Å². The Hall–Kier alpha value is -1.20. The van der Waals surface area contributed by atoms with Gasteiger partial charge in [0.2, 0.25) is 0 Å². The Morgan fingerprint density at radius 3 is 2.82 bits per heavy atom. The molecule has 1 aromatic heterocycles. The van der Waals surface area contributed by atoms with Crippen LogP contribution in [0.1, 0.15) is 18.5 Å². The monoisotopic (exact) mass is 239 g/mol. The number of unbranched alkanes of at least 4 members (excludes halogenated alkanes) is 1. The summed E-state index contributed by atoms with van der Waals surface area (Å²) in [5.74, 6) is 0.887. The van der Waals surface area contributed by atoms with Gasteiger partial charge in [0.25, 0.3) is 0 Å². The van der Waals surface area contributed by atoms with E-state index in [1.165, 1.54) is 0 Å². The number of nitrogens with zero attached hydrogens (tertiary/aromatic N) is 2. The molecular weight excluding hydrogens is 218 g/mol. The highest BCUT2D eigenvalue weighted by Gasteiger charge is 1.94. The second kappa shape index (κ2) is 8.90. The third-order valence-electron chi connectivity index (χ3n) is 2.26. The summed E-state index contributed by atoms with van der Waals surface area (Å²) in [6, 6.07) is 1.94. The van der Waals surface area contributed by atoms with E-state index in [2.05, 4.69) is 15.3 Å². The van der Waals surface area contributed by atoms with Crippen LogP contribution in [-0.2, 0) is 9.47 Å². The Morgan fingerprint density at radius 1 is 1.18 bits per heavy atom. The maximum absolute atomic E-state index is 5.37. The summed E-state index contributed by atoms with van der Waals surface area (Å²) in [4.78, 5) is 8.17. The molecule has 1 N–H and O–H groups in total. The van der Waals surface area contributed by atoms with Crippen LogP contribution in [0.4, 0.5) is 5.82 Å². The van der Waals surface area contributed by atoms with Gasteiger partial charge in [0.05, 0.1) is 13.2 Å². The Labute approximate surface area is 103 Å². The van der Waals surface area contributed by atoms with Crippen molar-refractivity contribution in [2.75, 3.05) is 38.8 Å². The second-order valence-electron chi connectivity index (χ2n) is 3.78. The van der Waals surface area contributed by atoms with E-state index < -0.39 is 0 Å². The van der Waals surface area contributed by atoms with Crippen LogP contribution in [0.15, 0.2) is 12.4 Å². The van der Waals surface area contributed by atoms with Gasteiger partial charge in [-0.2, -0.15) is 0 Å². The molecule has 0 aliphatic heterocycles. The quantitative estimate of drug-likeness (QED) is 0.664. The standard InChI is InChI=1S/C12H21N3O2/c1-11-9-12(15-10-14-11)13-5-3-4-6-17-8-7-16-2/h9-10H,3-8H2,1-2H3,(H,13,14,15). The molecule has 5 nitrogen and oxygen atoms in total. The molecule has 0 aliphatic rings. The van der Waals surface area contributed by atoms with Crippen LogP contribution < -0.4 is 5.32 Å². The smallest absolute Gasteiger partial charge is 0.129 e. The van der Waals surface area contributed by atoms with Crippen molar-refractivity contribution in [3.8, 4) is 0 Å². The molecule has 1 aromatic rings. The van der Waals surface area contributed by atoms with Gasteiger partial charge in [-0.1, -0.05) is 0 Å². The van der Waals surface area contributed by atoms with Crippen LogP contribution in [0.2, 0.25) is 0 Å². The van der Waals surface area contributed by atoms with Crippen molar-refractivity contribution < 1.29 is 9.47 Å². The van der Waals surface area contributed by atoms with Gasteiger partial charge in [0.1, 0.15) is 12.1 Å². The number of ether oxygens (including phenoxy) is 2. The summed E-state index contributed by atoms with van der Waals surface area (Å²) in [7, 11) is 1.68. The molecule has 0 fully saturated rings. The molecule has 0 amide bonds. The van der Waals surface area contributed by atoms with Crippen LogP contribution >= 0.6 is 0 Å². The third kappa shape index (κ3) is 6.86. The van der Waals surface area contributed by atoms with Gasteiger partial charge < -0.3 is 14.8 Å². The molecule has 5 heteroatoms. The Balaban J connectivity index is 1.97. The lowest BCUT2D eigenvalue weighted by Crippen LogP contribution is -2.07. The maximum atomic E-state index is 5.37.